The molecule has 0 saturated heterocycles. The Morgan fingerprint density at radius 3 is 2.79 bits per heavy atom. The molecule has 19 heavy (non-hydrogen) atoms. The molecule has 2 rings (SSSR count). The smallest absolute Gasteiger partial charge is 0.0994 e. The van der Waals surface area contributed by atoms with Gasteiger partial charge in [0.05, 0.1) is 12.0 Å². The van der Waals surface area contributed by atoms with Gasteiger partial charge in [0.15, 0.2) is 0 Å². The third-order valence-electron chi connectivity index (χ3n) is 3.27. The predicted molar refractivity (Wildman–Crippen MR) is 82.9 cm³/mol. The molecule has 2 N–H and O–H groups in total. The van der Waals surface area contributed by atoms with Gasteiger partial charge in [-0.15, -0.1) is 0 Å². The van der Waals surface area contributed by atoms with E-state index in [0.717, 1.165) is 15.9 Å². The van der Waals surface area contributed by atoms with E-state index in [0.29, 0.717) is 17.5 Å². The molecule has 0 aliphatic heterocycles. The molecule has 0 amide bonds. The number of hydrogen-bond acceptors (Lipinski definition) is 2. The summed E-state index contributed by atoms with van der Waals surface area (Å²) in [4.78, 5) is 4.26. The molecule has 1 heterocycles. The van der Waals surface area contributed by atoms with E-state index in [4.69, 9.17) is 17.3 Å². The molecule has 1 atom stereocenters. The van der Waals surface area contributed by atoms with E-state index in [1.54, 1.807) is 6.33 Å². The monoisotopic (exact) mass is 341 g/mol. The number of benzene rings is 1. The first-order valence-corrected chi connectivity index (χ1v) is 7.39. The summed E-state index contributed by atoms with van der Waals surface area (Å²) in [7, 11) is 0. The fourth-order valence-corrected chi connectivity index (χ4v) is 2.79. The lowest BCUT2D eigenvalue weighted by molar-refractivity contribution is 0.489. The zero-order chi connectivity index (χ0) is 14.0. The van der Waals surface area contributed by atoms with E-state index < -0.39 is 0 Å². The third-order valence-corrected chi connectivity index (χ3v) is 4.18. The molecule has 0 radical (unpaired) electrons. The van der Waals surface area contributed by atoms with Crippen molar-refractivity contribution in [2.45, 2.75) is 19.8 Å². The number of imidazole rings is 1. The Morgan fingerprint density at radius 1 is 1.42 bits per heavy atom. The maximum atomic E-state index is 6.08. The lowest BCUT2D eigenvalue weighted by atomic mass is 9.93. The highest BCUT2D eigenvalue weighted by molar-refractivity contribution is 9.10. The van der Waals surface area contributed by atoms with Crippen molar-refractivity contribution in [3.05, 3.63) is 45.9 Å². The van der Waals surface area contributed by atoms with E-state index in [1.165, 1.54) is 0 Å². The zero-order valence-electron chi connectivity index (χ0n) is 11.0. The Kier molecular flexibility index (Phi) is 4.66. The zero-order valence-corrected chi connectivity index (χ0v) is 13.3. The summed E-state index contributed by atoms with van der Waals surface area (Å²) in [5, 5.41) is 0.701. The molecule has 3 nitrogen and oxygen atoms in total. The van der Waals surface area contributed by atoms with Gasteiger partial charge in [-0.25, -0.2) is 4.98 Å². The van der Waals surface area contributed by atoms with Gasteiger partial charge in [-0.2, -0.15) is 0 Å². The first-order chi connectivity index (χ1) is 9.04. The minimum absolute atomic E-state index is 0.272. The normalized spacial score (nSPS) is 12.9. The highest BCUT2D eigenvalue weighted by Gasteiger charge is 2.19. The Labute approximate surface area is 126 Å². The number of nitrogens with two attached hydrogens (primary N) is 1. The van der Waals surface area contributed by atoms with Crippen LogP contribution in [0.25, 0.3) is 5.69 Å². The van der Waals surface area contributed by atoms with Crippen molar-refractivity contribution in [2.75, 3.05) is 6.54 Å². The SMILES string of the molecule is CC(C)C(CN)c1cncn1-c1cc(Cl)ccc1Br. The van der Waals surface area contributed by atoms with Gasteiger partial charge in [-0.05, 0) is 40.0 Å². The van der Waals surface area contributed by atoms with Crippen LogP contribution in [0.3, 0.4) is 0 Å². The van der Waals surface area contributed by atoms with Crippen molar-refractivity contribution in [3.63, 3.8) is 0 Å². The average Bonchev–Trinajstić information content (AvgIpc) is 2.81. The Balaban J connectivity index is 2.52. The van der Waals surface area contributed by atoms with Crippen LogP contribution in [0.2, 0.25) is 5.02 Å². The van der Waals surface area contributed by atoms with E-state index in [9.17, 15) is 0 Å². The number of nitrogens with zero attached hydrogens (tertiary/aromatic N) is 2. The summed E-state index contributed by atoms with van der Waals surface area (Å²) in [6, 6.07) is 5.72. The minimum atomic E-state index is 0.272. The predicted octanol–water partition coefficient (Wildman–Crippen LogP) is 3.99. The molecule has 0 aliphatic rings. The molecule has 2 aromatic rings. The van der Waals surface area contributed by atoms with Crippen molar-refractivity contribution in [3.8, 4) is 5.69 Å². The summed E-state index contributed by atoms with van der Waals surface area (Å²) in [6.07, 6.45) is 3.68. The van der Waals surface area contributed by atoms with E-state index in [1.807, 2.05) is 29.0 Å². The quantitative estimate of drug-likeness (QED) is 0.913. The average molecular weight is 343 g/mol. The molecular formula is C14H17BrClN3. The van der Waals surface area contributed by atoms with Crippen molar-refractivity contribution >= 4 is 27.5 Å². The fourth-order valence-electron chi connectivity index (χ4n) is 2.19. The number of halogens is 2. The number of hydrogen-bond donors (Lipinski definition) is 1. The highest BCUT2D eigenvalue weighted by Crippen LogP contribution is 2.30. The van der Waals surface area contributed by atoms with Crippen molar-refractivity contribution in [1.82, 2.24) is 9.55 Å². The lowest BCUT2D eigenvalue weighted by Gasteiger charge is -2.21. The van der Waals surface area contributed by atoms with Gasteiger partial charge in [0.2, 0.25) is 0 Å². The van der Waals surface area contributed by atoms with Crippen molar-refractivity contribution < 1.29 is 0 Å². The number of rotatable bonds is 4. The van der Waals surface area contributed by atoms with Crippen LogP contribution in [-0.2, 0) is 0 Å². The van der Waals surface area contributed by atoms with Gasteiger partial charge in [0.25, 0.3) is 0 Å². The topological polar surface area (TPSA) is 43.8 Å². The third kappa shape index (κ3) is 3.02. The van der Waals surface area contributed by atoms with Crippen LogP contribution in [0.1, 0.15) is 25.5 Å². The number of aromatic nitrogens is 2. The van der Waals surface area contributed by atoms with Crippen LogP contribution in [0, 0.1) is 5.92 Å². The van der Waals surface area contributed by atoms with Gasteiger partial charge in [0, 0.05) is 33.8 Å². The van der Waals surface area contributed by atoms with Gasteiger partial charge >= 0.3 is 0 Å². The molecule has 0 aliphatic carbocycles. The highest BCUT2D eigenvalue weighted by atomic mass is 79.9. The summed E-state index contributed by atoms with van der Waals surface area (Å²) in [5.41, 5.74) is 8.00. The van der Waals surface area contributed by atoms with Crippen LogP contribution in [0.4, 0.5) is 0 Å². The van der Waals surface area contributed by atoms with Gasteiger partial charge in [-0.3, -0.25) is 0 Å². The second-order valence-corrected chi connectivity index (χ2v) is 6.16. The molecule has 0 bridgehead atoms. The van der Waals surface area contributed by atoms with Gasteiger partial charge in [-0.1, -0.05) is 25.4 Å². The Hall–Kier alpha value is -0.840. The van der Waals surface area contributed by atoms with Crippen LogP contribution in [0.5, 0.6) is 0 Å². The molecule has 1 aromatic heterocycles. The first-order valence-electron chi connectivity index (χ1n) is 6.22. The second kappa shape index (κ2) is 6.07. The van der Waals surface area contributed by atoms with Crippen LogP contribution >= 0.6 is 27.5 Å². The van der Waals surface area contributed by atoms with Crippen LogP contribution in [0.15, 0.2) is 35.2 Å². The van der Waals surface area contributed by atoms with E-state index >= 15 is 0 Å². The summed E-state index contributed by atoms with van der Waals surface area (Å²) in [6.45, 7) is 4.94. The molecule has 0 fully saturated rings. The molecular weight excluding hydrogens is 326 g/mol. The minimum Gasteiger partial charge on any atom is -0.330 e. The molecule has 102 valence electrons. The molecule has 5 heteroatoms. The van der Waals surface area contributed by atoms with Gasteiger partial charge < -0.3 is 10.3 Å². The van der Waals surface area contributed by atoms with Crippen molar-refractivity contribution in [2.24, 2.45) is 11.7 Å². The van der Waals surface area contributed by atoms with Crippen LogP contribution < -0.4 is 5.73 Å². The molecule has 1 aromatic carbocycles. The van der Waals surface area contributed by atoms with Crippen molar-refractivity contribution in [1.29, 1.82) is 0 Å². The standard InChI is InChI=1S/C14H17BrClN3/c1-9(2)11(6-17)14-7-18-8-19(14)13-5-10(16)3-4-12(13)15/h3-5,7-9,11H,6,17H2,1-2H3. The maximum Gasteiger partial charge on any atom is 0.0994 e. The second-order valence-electron chi connectivity index (χ2n) is 4.87. The maximum absolute atomic E-state index is 6.08. The summed E-state index contributed by atoms with van der Waals surface area (Å²) in [5.74, 6) is 0.729. The molecule has 0 saturated carbocycles. The van der Waals surface area contributed by atoms with Gasteiger partial charge in [0.1, 0.15) is 0 Å². The lowest BCUT2D eigenvalue weighted by Crippen LogP contribution is -2.20. The fraction of sp³-hybridized carbons (Fsp3) is 0.357. The Bertz CT molecular complexity index is 566. The summed E-state index contributed by atoms with van der Waals surface area (Å²) < 4.78 is 3.03. The first kappa shape index (κ1) is 14.6. The van der Waals surface area contributed by atoms with E-state index in [-0.39, 0.29) is 5.92 Å². The van der Waals surface area contributed by atoms with Crippen LogP contribution in [-0.4, -0.2) is 16.1 Å². The largest absolute Gasteiger partial charge is 0.330 e. The molecule has 0 spiro atoms. The summed E-state index contributed by atoms with van der Waals surface area (Å²) >= 11 is 9.64. The molecule has 1 unspecified atom stereocenters. The Morgan fingerprint density at radius 2 is 2.16 bits per heavy atom. The van der Waals surface area contributed by atoms with E-state index in [2.05, 4.69) is 34.8 Å².